The van der Waals surface area contributed by atoms with Gasteiger partial charge in [0.1, 0.15) is 11.4 Å². The second-order valence-corrected chi connectivity index (χ2v) is 3.73. The zero-order chi connectivity index (χ0) is 13.1. The average molecular weight is 248 g/mol. The van der Waals surface area contributed by atoms with Gasteiger partial charge < -0.3 is 20.5 Å². The van der Waals surface area contributed by atoms with Crippen LogP contribution in [-0.4, -0.2) is 24.2 Å². The van der Waals surface area contributed by atoms with Gasteiger partial charge in [-0.25, -0.2) is 9.59 Å². The maximum Gasteiger partial charge on any atom is 0.352 e. The summed E-state index contributed by atoms with van der Waals surface area (Å²) in [6.45, 7) is 0. The van der Waals surface area contributed by atoms with Gasteiger partial charge in [0.2, 0.25) is 0 Å². The second kappa shape index (κ2) is 4.79. The van der Waals surface area contributed by atoms with Gasteiger partial charge in [0.15, 0.2) is 0 Å². The van der Waals surface area contributed by atoms with Crippen LogP contribution in [0.4, 0.5) is 4.79 Å². The Kier molecular flexibility index (Phi) is 3.18. The van der Waals surface area contributed by atoms with E-state index in [9.17, 15) is 9.59 Å². The summed E-state index contributed by atoms with van der Waals surface area (Å²) >= 11 is 0. The van der Waals surface area contributed by atoms with E-state index in [2.05, 4.69) is 10.6 Å². The smallest absolute Gasteiger partial charge is 0.352 e. The molecular weight excluding hydrogens is 236 g/mol. The fraction of sp³-hybridized carbons (Fsp3) is 0.167. The van der Waals surface area contributed by atoms with E-state index in [0.717, 1.165) is 5.56 Å². The average Bonchev–Trinajstić information content (AvgIpc) is 2.38. The second-order valence-electron chi connectivity index (χ2n) is 3.73. The molecule has 0 saturated carbocycles. The Bertz CT molecular complexity index is 507. The minimum Gasteiger partial charge on any atom is -0.497 e. The molecule has 0 fully saturated rings. The van der Waals surface area contributed by atoms with Crippen LogP contribution in [0.1, 0.15) is 11.6 Å². The molecule has 6 nitrogen and oxygen atoms in total. The van der Waals surface area contributed by atoms with Crippen molar-refractivity contribution in [2.24, 2.45) is 0 Å². The standard InChI is InChI=1S/C12H12N2O4/c1-18-8-4-2-7(3-5-8)9-6-10(11(15)16)14-12(17)13-9/h2-6,9H,1H3,(H,15,16)(H2,13,14,17)/t9-/m0/s1. The first kappa shape index (κ1) is 12.0. The Morgan fingerprint density at radius 3 is 2.56 bits per heavy atom. The summed E-state index contributed by atoms with van der Waals surface area (Å²) in [5.74, 6) is -0.468. The molecule has 2 amide bonds. The van der Waals surface area contributed by atoms with Crippen LogP contribution in [0.15, 0.2) is 36.0 Å². The van der Waals surface area contributed by atoms with Gasteiger partial charge in [-0.2, -0.15) is 0 Å². The first-order valence-corrected chi connectivity index (χ1v) is 5.26. The third-order valence-corrected chi connectivity index (χ3v) is 2.57. The van der Waals surface area contributed by atoms with E-state index in [1.54, 1.807) is 31.4 Å². The fourth-order valence-corrected chi connectivity index (χ4v) is 1.67. The summed E-state index contributed by atoms with van der Waals surface area (Å²) < 4.78 is 5.03. The third-order valence-electron chi connectivity index (χ3n) is 2.57. The van der Waals surface area contributed by atoms with E-state index in [4.69, 9.17) is 9.84 Å². The van der Waals surface area contributed by atoms with Crippen LogP contribution in [-0.2, 0) is 4.79 Å². The van der Waals surface area contributed by atoms with Gasteiger partial charge in [-0.05, 0) is 23.8 Å². The molecule has 0 aromatic heterocycles. The van der Waals surface area contributed by atoms with E-state index in [0.29, 0.717) is 5.75 Å². The Hall–Kier alpha value is -2.50. The van der Waals surface area contributed by atoms with Crippen molar-refractivity contribution in [3.8, 4) is 5.75 Å². The number of rotatable bonds is 3. The van der Waals surface area contributed by atoms with Crippen LogP contribution in [0, 0.1) is 0 Å². The van der Waals surface area contributed by atoms with E-state index >= 15 is 0 Å². The summed E-state index contributed by atoms with van der Waals surface area (Å²) in [6, 6.07) is 6.04. The number of hydrogen-bond donors (Lipinski definition) is 3. The largest absolute Gasteiger partial charge is 0.497 e. The monoisotopic (exact) mass is 248 g/mol. The summed E-state index contributed by atoms with van der Waals surface area (Å²) in [5.41, 5.74) is 0.656. The molecule has 1 atom stereocenters. The molecule has 0 saturated heterocycles. The number of benzene rings is 1. The Labute approximate surface area is 103 Å². The summed E-state index contributed by atoms with van der Waals surface area (Å²) in [4.78, 5) is 22.2. The molecule has 94 valence electrons. The predicted molar refractivity (Wildman–Crippen MR) is 63.1 cm³/mol. The van der Waals surface area contributed by atoms with Gasteiger partial charge in [-0.1, -0.05) is 12.1 Å². The third kappa shape index (κ3) is 2.42. The van der Waals surface area contributed by atoms with Crippen molar-refractivity contribution in [3.05, 3.63) is 41.6 Å². The van der Waals surface area contributed by atoms with Gasteiger partial charge in [0, 0.05) is 0 Å². The molecule has 0 bridgehead atoms. The van der Waals surface area contributed by atoms with Gasteiger partial charge in [0.05, 0.1) is 13.2 Å². The number of carboxylic acid groups (broad SMARTS) is 1. The van der Waals surface area contributed by atoms with Crippen LogP contribution in [0.5, 0.6) is 5.75 Å². The topological polar surface area (TPSA) is 87.7 Å². The number of aliphatic carboxylic acids is 1. The molecular formula is C12H12N2O4. The molecule has 1 aromatic carbocycles. The van der Waals surface area contributed by atoms with Crippen molar-refractivity contribution in [2.75, 3.05) is 7.11 Å². The molecule has 6 heteroatoms. The maximum absolute atomic E-state index is 11.3. The molecule has 0 unspecified atom stereocenters. The lowest BCUT2D eigenvalue weighted by Gasteiger charge is -2.22. The molecule has 18 heavy (non-hydrogen) atoms. The zero-order valence-corrected chi connectivity index (χ0v) is 9.64. The number of urea groups is 1. The number of methoxy groups -OCH3 is 1. The summed E-state index contributed by atoms with van der Waals surface area (Å²) in [6.07, 6.45) is 1.45. The molecule has 0 radical (unpaired) electrons. The van der Waals surface area contributed by atoms with E-state index in [1.807, 2.05) is 0 Å². The minimum atomic E-state index is -1.16. The Balaban J connectivity index is 2.28. The summed E-state index contributed by atoms with van der Waals surface area (Å²) in [5, 5.41) is 13.7. The SMILES string of the molecule is COc1ccc([C@@H]2C=C(C(=O)O)NC(=O)N2)cc1. The number of hydrogen-bond acceptors (Lipinski definition) is 3. The van der Waals surface area contributed by atoms with Crippen LogP contribution in [0.2, 0.25) is 0 Å². The fourth-order valence-electron chi connectivity index (χ4n) is 1.67. The van der Waals surface area contributed by atoms with Crippen molar-refractivity contribution < 1.29 is 19.4 Å². The number of amides is 2. The lowest BCUT2D eigenvalue weighted by atomic mass is 10.0. The lowest BCUT2D eigenvalue weighted by molar-refractivity contribution is -0.133. The van der Waals surface area contributed by atoms with Crippen LogP contribution in [0.25, 0.3) is 0 Å². The molecule has 3 N–H and O–H groups in total. The van der Waals surface area contributed by atoms with Crippen LogP contribution < -0.4 is 15.4 Å². The highest BCUT2D eigenvalue weighted by molar-refractivity contribution is 5.93. The van der Waals surface area contributed by atoms with Crippen molar-refractivity contribution in [3.63, 3.8) is 0 Å². The summed E-state index contributed by atoms with van der Waals surface area (Å²) in [7, 11) is 1.56. The highest BCUT2D eigenvalue weighted by atomic mass is 16.5. The van der Waals surface area contributed by atoms with Crippen molar-refractivity contribution in [2.45, 2.75) is 6.04 Å². The minimum absolute atomic E-state index is 0.125. The highest BCUT2D eigenvalue weighted by Gasteiger charge is 2.22. The van der Waals surface area contributed by atoms with Crippen molar-refractivity contribution in [1.82, 2.24) is 10.6 Å². The maximum atomic E-state index is 11.3. The zero-order valence-electron chi connectivity index (χ0n) is 9.64. The number of carbonyl (C=O) groups excluding carboxylic acids is 1. The molecule has 2 rings (SSSR count). The predicted octanol–water partition coefficient (Wildman–Crippen LogP) is 1.02. The molecule has 1 aliphatic heterocycles. The molecule has 0 spiro atoms. The van der Waals surface area contributed by atoms with Gasteiger partial charge >= 0.3 is 12.0 Å². The first-order chi connectivity index (χ1) is 8.60. The number of carbonyl (C=O) groups is 2. The normalized spacial score (nSPS) is 18.4. The molecule has 0 aliphatic carbocycles. The van der Waals surface area contributed by atoms with Gasteiger partial charge in [-0.3, -0.25) is 0 Å². The quantitative estimate of drug-likeness (QED) is 0.745. The molecule has 1 aliphatic rings. The van der Waals surface area contributed by atoms with Crippen molar-refractivity contribution >= 4 is 12.0 Å². The Morgan fingerprint density at radius 2 is 2.00 bits per heavy atom. The first-order valence-electron chi connectivity index (χ1n) is 5.26. The van der Waals surface area contributed by atoms with Gasteiger partial charge in [0.25, 0.3) is 0 Å². The number of ether oxygens (including phenoxy) is 1. The van der Waals surface area contributed by atoms with E-state index < -0.39 is 18.0 Å². The number of carboxylic acids is 1. The van der Waals surface area contributed by atoms with Crippen LogP contribution in [0.3, 0.4) is 0 Å². The highest BCUT2D eigenvalue weighted by Crippen LogP contribution is 2.21. The number of nitrogens with one attached hydrogen (secondary N) is 2. The molecule has 1 aromatic rings. The molecule has 1 heterocycles. The van der Waals surface area contributed by atoms with E-state index in [1.165, 1.54) is 6.08 Å². The van der Waals surface area contributed by atoms with Gasteiger partial charge in [-0.15, -0.1) is 0 Å². The Morgan fingerprint density at radius 1 is 1.33 bits per heavy atom. The van der Waals surface area contributed by atoms with Crippen molar-refractivity contribution in [1.29, 1.82) is 0 Å². The van der Waals surface area contributed by atoms with Crippen LogP contribution >= 0.6 is 0 Å². The van der Waals surface area contributed by atoms with E-state index in [-0.39, 0.29) is 5.70 Å². The lowest BCUT2D eigenvalue weighted by Crippen LogP contribution is -2.43.